The van der Waals surface area contributed by atoms with Crippen molar-refractivity contribution in [3.05, 3.63) is 29.3 Å². The van der Waals surface area contributed by atoms with Crippen LogP contribution in [0.1, 0.15) is 24.0 Å². The first-order valence-electron chi connectivity index (χ1n) is 7.50. The van der Waals surface area contributed by atoms with E-state index in [0.29, 0.717) is 25.9 Å². The molecule has 6 heteroatoms. The van der Waals surface area contributed by atoms with Crippen LogP contribution in [0.25, 0.3) is 0 Å². The van der Waals surface area contributed by atoms with Crippen LogP contribution in [0.4, 0.5) is 4.79 Å². The second kappa shape index (κ2) is 7.15. The molecule has 120 valence electrons. The molecule has 0 spiro atoms. The summed E-state index contributed by atoms with van der Waals surface area (Å²) < 4.78 is 5.61. The Morgan fingerprint density at radius 2 is 2.00 bits per heavy atom. The summed E-state index contributed by atoms with van der Waals surface area (Å²) in [5.41, 5.74) is 7.50. The van der Waals surface area contributed by atoms with Crippen LogP contribution in [0.3, 0.4) is 0 Å². The van der Waals surface area contributed by atoms with E-state index in [9.17, 15) is 9.59 Å². The van der Waals surface area contributed by atoms with E-state index < -0.39 is 0 Å². The third-order valence-electron chi connectivity index (χ3n) is 4.19. The molecule has 3 N–H and O–H groups in total. The predicted molar refractivity (Wildman–Crippen MR) is 83.4 cm³/mol. The molecule has 2 rings (SSSR count). The second-order valence-corrected chi connectivity index (χ2v) is 5.63. The van der Waals surface area contributed by atoms with Crippen LogP contribution in [0.5, 0.6) is 5.75 Å². The summed E-state index contributed by atoms with van der Waals surface area (Å²) in [6.45, 7) is 5.22. The van der Waals surface area contributed by atoms with Crippen LogP contribution >= 0.6 is 0 Å². The zero-order valence-electron chi connectivity index (χ0n) is 13.1. The maximum Gasteiger partial charge on any atom is 0.320 e. The average molecular weight is 305 g/mol. The lowest BCUT2D eigenvalue weighted by Crippen LogP contribution is -2.47. The largest absolute Gasteiger partial charge is 0.473 e. The van der Waals surface area contributed by atoms with Crippen molar-refractivity contribution in [2.24, 2.45) is 11.7 Å². The summed E-state index contributed by atoms with van der Waals surface area (Å²) in [5, 5.41) is 2.74. The van der Waals surface area contributed by atoms with Crippen LogP contribution < -0.4 is 15.8 Å². The number of carbonyl (C=O) groups is 2. The molecule has 3 amide bonds. The minimum Gasteiger partial charge on any atom is -0.473 e. The lowest BCUT2D eigenvalue weighted by atomic mass is 9.96. The van der Waals surface area contributed by atoms with Crippen LogP contribution in [-0.2, 0) is 4.79 Å². The van der Waals surface area contributed by atoms with Crippen molar-refractivity contribution in [3.8, 4) is 5.75 Å². The molecule has 1 heterocycles. The molecule has 1 aromatic carbocycles. The van der Waals surface area contributed by atoms with E-state index in [1.165, 1.54) is 0 Å². The smallest absolute Gasteiger partial charge is 0.320 e. The van der Waals surface area contributed by atoms with Crippen molar-refractivity contribution < 1.29 is 14.3 Å². The summed E-state index contributed by atoms with van der Waals surface area (Å²) in [6, 6.07) is 5.65. The number of nitrogens with one attached hydrogen (secondary N) is 1. The highest BCUT2D eigenvalue weighted by molar-refractivity contribution is 5.78. The van der Waals surface area contributed by atoms with Gasteiger partial charge in [0.2, 0.25) is 5.91 Å². The Kier molecular flexibility index (Phi) is 5.25. The third kappa shape index (κ3) is 3.90. The number of urea groups is 1. The van der Waals surface area contributed by atoms with E-state index in [0.717, 1.165) is 16.9 Å². The second-order valence-electron chi connectivity index (χ2n) is 5.63. The number of benzene rings is 1. The van der Waals surface area contributed by atoms with E-state index in [1.807, 2.05) is 32.0 Å². The van der Waals surface area contributed by atoms with Crippen LogP contribution in [0.2, 0.25) is 0 Å². The Labute approximate surface area is 130 Å². The minimum absolute atomic E-state index is 0.116. The SMILES string of the molecule is Cc1cccc(OCNC(=O)N2CCC(C(N)=O)CC2)c1C. The van der Waals surface area contributed by atoms with Gasteiger partial charge in [-0.3, -0.25) is 4.79 Å². The molecule has 0 atom stereocenters. The van der Waals surface area contributed by atoms with Crippen LogP contribution in [-0.4, -0.2) is 36.7 Å². The summed E-state index contributed by atoms with van der Waals surface area (Å²) in [7, 11) is 0. The summed E-state index contributed by atoms with van der Waals surface area (Å²) in [4.78, 5) is 24.8. The summed E-state index contributed by atoms with van der Waals surface area (Å²) in [6.07, 6.45) is 1.25. The lowest BCUT2D eigenvalue weighted by molar-refractivity contribution is -0.123. The maximum atomic E-state index is 12.0. The number of ether oxygens (including phenoxy) is 1. The van der Waals surface area contributed by atoms with E-state index >= 15 is 0 Å². The first kappa shape index (κ1) is 16.1. The van der Waals surface area contributed by atoms with E-state index in [1.54, 1.807) is 4.90 Å². The van der Waals surface area contributed by atoms with Crippen molar-refractivity contribution in [1.29, 1.82) is 0 Å². The fourth-order valence-corrected chi connectivity index (χ4v) is 2.54. The molecule has 1 saturated heterocycles. The number of hydrogen-bond donors (Lipinski definition) is 2. The molecule has 0 aliphatic carbocycles. The van der Waals surface area contributed by atoms with Gasteiger partial charge in [0.25, 0.3) is 0 Å². The number of nitrogens with zero attached hydrogens (tertiary/aromatic N) is 1. The minimum atomic E-state index is -0.279. The standard InChI is InChI=1S/C16H23N3O3/c1-11-4-3-5-14(12(11)2)22-10-18-16(21)19-8-6-13(7-9-19)15(17)20/h3-5,13H,6-10H2,1-2H3,(H2,17,20)(H,18,21). The van der Waals surface area contributed by atoms with Gasteiger partial charge in [-0.05, 0) is 43.9 Å². The first-order valence-corrected chi connectivity index (χ1v) is 7.50. The van der Waals surface area contributed by atoms with Gasteiger partial charge in [0.1, 0.15) is 5.75 Å². The number of amides is 3. The predicted octanol–water partition coefficient (Wildman–Crippen LogP) is 1.55. The summed E-state index contributed by atoms with van der Waals surface area (Å²) in [5.74, 6) is 0.376. The highest BCUT2D eigenvalue weighted by Gasteiger charge is 2.25. The third-order valence-corrected chi connectivity index (χ3v) is 4.19. The first-order chi connectivity index (χ1) is 10.5. The normalized spacial score (nSPS) is 15.5. The Balaban J connectivity index is 1.77. The number of carbonyl (C=O) groups excluding carboxylic acids is 2. The van der Waals surface area contributed by atoms with Crippen molar-refractivity contribution in [1.82, 2.24) is 10.2 Å². The number of likely N-dealkylation sites (tertiary alicyclic amines) is 1. The van der Waals surface area contributed by atoms with Gasteiger partial charge in [-0.25, -0.2) is 4.79 Å². The maximum absolute atomic E-state index is 12.0. The van der Waals surface area contributed by atoms with Gasteiger partial charge in [-0.15, -0.1) is 0 Å². The van der Waals surface area contributed by atoms with Gasteiger partial charge >= 0.3 is 6.03 Å². The van der Waals surface area contributed by atoms with Crippen molar-refractivity contribution in [3.63, 3.8) is 0 Å². The van der Waals surface area contributed by atoms with Crippen molar-refractivity contribution in [2.45, 2.75) is 26.7 Å². The highest BCUT2D eigenvalue weighted by atomic mass is 16.5. The molecular weight excluding hydrogens is 282 g/mol. The Morgan fingerprint density at radius 3 is 2.64 bits per heavy atom. The molecule has 1 aliphatic rings. The molecule has 0 aromatic heterocycles. The van der Waals surface area contributed by atoms with Gasteiger partial charge in [0.15, 0.2) is 6.73 Å². The molecule has 0 saturated carbocycles. The number of nitrogens with two attached hydrogens (primary N) is 1. The summed E-state index contributed by atoms with van der Waals surface area (Å²) >= 11 is 0. The number of hydrogen-bond acceptors (Lipinski definition) is 3. The molecule has 22 heavy (non-hydrogen) atoms. The number of primary amides is 1. The number of rotatable bonds is 4. The van der Waals surface area contributed by atoms with Gasteiger partial charge in [-0.2, -0.15) is 0 Å². The van der Waals surface area contributed by atoms with E-state index in [2.05, 4.69) is 5.32 Å². The monoisotopic (exact) mass is 305 g/mol. The molecule has 0 radical (unpaired) electrons. The van der Waals surface area contributed by atoms with Gasteiger partial charge < -0.3 is 20.7 Å². The number of aryl methyl sites for hydroxylation is 1. The molecular formula is C16H23N3O3. The van der Waals surface area contributed by atoms with Gasteiger partial charge in [0.05, 0.1) is 0 Å². The quantitative estimate of drug-likeness (QED) is 0.828. The molecule has 1 aliphatic heterocycles. The van der Waals surface area contributed by atoms with Crippen molar-refractivity contribution >= 4 is 11.9 Å². The Hall–Kier alpha value is -2.24. The fourth-order valence-electron chi connectivity index (χ4n) is 2.54. The molecule has 0 bridgehead atoms. The molecule has 0 unspecified atom stereocenters. The fraction of sp³-hybridized carbons (Fsp3) is 0.500. The lowest BCUT2D eigenvalue weighted by Gasteiger charge is -2.30. The molecule has 1 aromatic rings. The van der Waals surface area contributed by atoms with Crippen LogP contribution in [0.15, 0.2) is 18.2 Å². The Bertz CT molecular complexity index is 552. The highest BCUT2D eigenvalue weighted by Crippen LogP contribution is 2.20. The van der Waals surface area contributed by atoms with Gasteiger partial charge in [0, 0.05) is 19.0 Å². The van der Waals surface area contributed by atoms with Crippen LogP contribution in [0, 0.1) is 19.8 Å². The zero-order valence-corrected chi connectivity index (χ0v) is 13.1. The topological polar surface area (TPSA) is 84.7 Å². The van der Waals surface area contributed by atoms with E-state index in [-0.39, 0.29) is 24.6 Å². The zero-order chi connectivity index (χ0) is 16.1. The number of piperidine rings is 1. The Morgan fingerprint density at radius 1 is 1.32 bits per heavy atom. The molecule has 6 nitrogen and oxygen atoms in total. The average Bonchev–Trinajstić information content (AvgIpc) is 2.51. The van der Waals surface area contributed by atoms with E-state index in [4.69, 9.17) is 10.5 Å². The molecule has 1 fully saturated rings. The van der Waals surface area contributed by atoms with Crippen molar-refractivity contribution in [2.75, 3.05) is 19.8 Å². The van der Waals surface area contributed by atoms with Gasteiger partial charge in [-0.1, -0.05) is 12.1 Å².